The molecule has 0 N–H and O–H groups in total. The van der Waals surface area contributed by atoms with Gasteiger partial charge in [0.05, 0.1) is 0 Å². The number of allylic oxidation sites excluding steroid dienone is 4. The number of hydrogen-bond acceptors (Lipinski definition) is 0. The predicted octanol–water partition coefficient (Wildman–Crippen LogP) is 4.37. The molecule has 1 aliphatic rings. The van der Waals surface area contributed by atoms with E-state index in [0.717, 1.165) is 6.42 Å². The Balaban J connectivity index is 2.17. The minimum absolute atomic E-state index is 1.12. The molecule has 2 rings (SSSR count). The first-order valence-corrected chi connectivity index (χ1v) is 5.76. The van der Waals surface area contributed by atoms with Gasteiger partial charge in [-0.15, -0.1) is 0 Å². The molecule has 1 aliphatic carbocycles. The minimum atomic E-state index is 1.12. The second-order valence-corrected chi connectivity index (χ2v) is 4.30. The van der Waals surface area contributed by atoms with E-state index in [-0.39, 0.29) is 0 Å². The zero-order valence-corrected chi connectivity index (χ0v) is 9.59. The third-order valence-corrected chi connectivity index (χ3v) is 2.87. The zero-order valence-electron chi connectivity index (χ0n) is 9.59. The molecule has 0 heteroatoms. The number of rotatable bonds is 3. The third-order valence-electron chi connectivity index (χ3n) is 2.87. The smallest absolute Gasteiger partial charge is 0.0129 e. The molecule has 78 valence electrons. The Bertz CT molecular complexity index is 391. The molecule has 0 fully saturated rings. The molecule has 0 radical (unpaired) electrons. The van der Waals surface area contributed by atoms with Gasteiger partial charge in [0.25, 0.3) is 0 Å². The number of hydrogen-bond donors (Lipinski definition) is 0. The van der Waals surface area contributed by atoms with Gasteiger partial charge >= 0.3 is 0 Å². The zero-order chi connectivity index (χ0) is 10.7. The van der Waals surface area contributed by atoms with Gasteiger partial charge in [-0.2, -0.15) is 0 Å². The van der Waals surface area contributed by atoms with Crippen LogP contribution in [-0.4, -0.2) is 0 Å². The highest BCUT2D eigenvalue weighted by molar-refractivity contribution is 5.77. The summed E-state index contributed by atoms with van der Waals surface area (Å²) in [6.45, 7) is 4.41. The van der Waals surface area contributed by atoms with Crippen LogP contribution in [0.15, 0.2) is 42.0 Å². The normalized spacial score (nSPS) is 15.1. The van der Waals surface area contributed by atoms with E-state index < -0.39 is 0 Å². The van der Waals surface area contributed by atoms with Crippen molar-refractivity contribution in [3.63, 3.8) is 0 Å². The van der Waals surface area contributed by atoms with Gasteiger partial charge in [0.2, 0.25) is 0 Å². The Morgan fingerprint density at radius 2 is 1.87 bits per heavy atom. The molecule has 1 aromatic rings. The molecular weight excluding hydrogens is 180 g/mol. The second-order valence-electron chi connectivity index (χ2n) is 4.30. The predicted molar refractivity (Wildman–Crippen MR) is 66.8 cm³/mol. The van der Waals surface area contributed by atoms with E-state index in [0.29, 0.717) is 0 Å². The van der Waals surface area contributed by atoms with Gasteiger partial charge in [-0.1, -0.05) is 55.3 Å². The monoisotopic (exact) mass is 198 g/mol. The van der Waals surface area contributed by atoms with Gasteiger partial charge < -0.3 is 0 Å². The summed E-state index contributed by atoms with van der Waals surface area (Å²) in [5, 5.41) is 0. The topological polar surface area (TPSA) is 0 Å². The highest BCUT2D eigenvalue weighted by Gasteiger charge is 2.04. The van der Waals surface area contributed by atoms with Gasteiger partial charge in [-0.25, -0.2) is 0 Å². The molecule has 1 aromatic carbocycles. The van der Waals surface area contributed by atoms with Crippen molar-refractivity contribution in [1.82, 2.24) is 0 Å². The third kappa shape index (κ3) is 2.38. The lowest BCUT2D eigenvalue weighted by atomic mass is 10.0. The lowest BCUT2D eigenvalue weighted by molar-refractivity contribution is 0.922. The fourth-order valence-corrected chi connectivity index (χ4v) is 2.01. The van der Waals surface area contributed by atoms with Crippen LogP contribution >= 0.6 is 0 Å². The molecular formula is C15H18. The summed E-state index contributed by atoms with van der Waals surface area (Å²) in [7, 11) is 0. The average molecular weight is 198 g/mol. The summed E-state index contributed by atoms with van der Waals surface area (Å²) in [6, 6.07) is 8.99. The van der Waals surface area contributed by atoms with E-state index in [4.69, 9.17) is 0 Å². The molecule has 0 heterocycles. The van der Waals surface area contributed by atoms with Crippen molar-refractivity contribution in [1.29, 1.82) is 0 Å². The average Bonchev–Trinajstić information content (AvgIpc) is 2.67. The van der Waals surface area contributed by atoms with Crippen molar-refractivity contribution >= 4 is 5.57 Å². The first kappa shape index (κ1) is 10.2. The summed E-state index contributed by atoms with van der Waals surface area (Å²) < 4.78 is 0. The second kappa shape index (κ2) is 4.48. The van der Waals surface area contributed by atoms with E-state index >= 15 is 0 Å². The highest BCUT2D eigenvalue weighted by Crippen LogP contribution is 2.25. The first-order valence-electron chi connectivity index (χ1n) is 5.76. The van der Waals surface area contributed by atoms with Crippen LogP contribution in [0.2, 0.25) is 0 Å². The van der Waals surface area contributed by atoms with Gasteiger partial charge in [0, 0.05) is 0 Å². The number of aryl methyl sites for hydroxylation is 1. The first-order chi connectivity index (χ1) is 7.29. The lowest BCUT2D eigenvalue weighted by Gasteiger charge is -2.02. The van der Waals surface area contributed by atoms with Gasteiger partial charge in [-0.3, -0.25) is 0 Å². The fourth-order valence-electron chi connectivity index (χ4n) is 2.01. The van der Waals surface area contributed by atoms with Crippen molar-refractivity contribution in [3.05, 3.63) is 53.1 Å². The molecule has 0 aliphatic heterocycles. The van der Waals surface area contributed by atoms with E-state index in [1.807, 2.05) is 0 Å². The molecule has 0 atom stereocenters. The molecule has 0 saturated heterocycles. The molecule has 0 spiro atoms. The van der Waals surface area contributed by atoms with Crippen LogP contribution in [0.25, 0.3) is 5.57 Å². The molecule has 0 unspecified atom stereocenters. The van der Waals surface area contributed by atoms with Crippen LogP contribution in [-0.2, 0) is 6.42 Å². The van der Waals surface area contributed by atoms with Crippen LogP contribution in [0.1, 0.15) is 37.8 Å². The quantitative estimate of drug-likeness (QED) is 0.676. The molecule has 0 bridgehead atoms. The van der Waals surface area contributed by atoms with Gasteiger partial charge in [-0.05, 0) is 36.5 Å². The van der Waals surface area contributed by atoms with Crippen LogP contribution in [0.3, 0.4) is 0 Å². The van der Waals surface area contributed by atoms with Crippen LogP contribution < -0.4 is 0 Å². The summed E-state index contributed by atoms with van der Waals surface area (Å²) >= 11 is 0. The Kier molecular flexibility index (Phi) is 3.05. The Labute approximate surface area is 92.3 Å². The highest BCUT2D eigenvalue weighted by atomic mass is 14.1. The fraction of sp³-hybridized carbons (Fsp3) is 0.333. The van der Waals surface area contributed by atoms with Crippen molar-refractivity contribution in [2.24, 2.45) is 0 Å². The Morgan fingerprint density at radius 1 is 1.13 bits per heavy atom. The standard InChI is InChI=1S/C15H18/c1-3-4-13-6-9-14(10-7-13)15-8-5-12(2)11-15/h6-11H,3-5H2,1-2H3. The Hall–Kier alpha value is -1.30. The molecule has 0 aromatic heterocycles. The minimum Gasteiger partial charge on any atom is -0.0726 e. The van der Waals surface area contributed by atoms with E-state index in [1.54, 1.807) is 0 Å². The van der Waals surface area contributed by atoms with Crippen LogP contribution in [0.5, 0.6) is 0 Å². The maximum atomic E-state index is 2.31. The van der Waals surface area contributed by atoms with E-state index in [1.165, 1.54) is 35.1 Å². The lowest BCUT2D eigenvalue weighted by Crippen LogP contribution is -1.84. The van der Waals surface area contributed by atoms with E-state index in [9.17, 15) is 0 Å². The van der Waals surface area contributed by atoms with Gasteiger partial charge in [0.15, 0.2) is 0 Å². The SMILES string of the molecule is CCCc1ccc(C2=CCC(C)=C2)cc1. The summed E-state index contributed by atoms with van der Waals surface area (Å²) in [5.74, 6) is 0. The van der Waals surface area contributed by atoms with Crippen molar-refractivity contribution in [3.8, 4) is 0 Å². The van der Waals surface area contributed by atoms with Gasteiger partial charge in [0.1, 0.15) is 0 Å². The number of benzene rings is 1. The molecule has 15 heavy (non-hydrogen) atoms. The summed E-state index contributed by atoms with van der Waals surface area (Å²) in [4.78, 5) is 0. The van der Waals surface area contributed by atoms with Crippen LogP contribution in [0, 0.1) is 0 Å². The molecule has 0 saturated carbocycles. The summed E-state index contributed by atoms with van der Waals surface area (Å²) in [5.41, 5.74) is 5.64. The largest absolute Gasteiger partial charge is 0.0726 e. The summed E-state index contributed by atoms with van der Waals surface area (Å²) in [6.07, 6.45) is 8.13. The van der Waals surface area contributed by atoms with Crippen LogP contribution in [0.4, 0.5) is 0 Å². The van der Waals surface area contributed by atoms with E-state index in [2.05, 4.69) is 50.3 Å². The maximum Gasteiger partial charge on any atom is -0.0129 e. The van der Waals surface area contributed by atoms with Crippen molar-refractivity contribution < 1.29 is 0 Å². The van der Waals surface area contributed by atoms with Crippen molar-refractivity contribution in [2.45, 2.75) is 33.1 Å². The maximum absolute atomic E-state index is 2.31. The van der Waals surface area contributed by atoms with Crippen molar-refractivity contribution in [2.75, 3.05) is 0 Å². The molecule has 0 nitrogen and oxygen atoms in total. The Morgan fingerprint density at radius 3 is 2.40 bits per heavy atom. The molecule has 0 amide bonds.